The van der Waals surface area contributed by atoms with Crippen molar-refractivity contribution in [3.63, 3.8) is 0 Å². The van der Waals surface area contributed by atoms with Crippen LogP contribution in [-0.4, -0.2) is 4.98 Å². The summed E-state index contributed by atoms with van der Waals surface area (Å²) in [4.78, 5) is 4.52. The van der Waals surface area contributed by atoms with E-state index in [4.69, 9.17) is 0 Å². The van der Waals surface area contributed by atoms with Crippen LogP contribution < -0.4 is 0 Å². The molecule has 0 saturated heterocycles. The number of benzene rings is 1. The zero-order valence-electron chi connectivity index (χ0n) is 10.2. The van der Waals surface area contributed by atoms with Gasteiger partial charge in [0.05, 0.1) is 5.52 Å². The Morgan fingerprint density at radius 1 is 1.00 bits per heavy atom. The van der Waals surface area contributed by atoms with Crippen molar-refractivity contribution in [2.45, 2.75) is 20.3 Å². The highest BCUT2D eigenvalue weighted by molar-refractivity contribution is 5.93. The maximum atomic E-state index is 4.52. The molecule has 1 aromatic heterocycles. The van der Waals surface area contributed by atoms with Gasteiger partial charge in [-0.25, -0.2) is 0 Å². The third-order valence-corrected chi connectivity index (χ3v) is 3.25. The molecule has 3 rings (SSSR count). The van der Waals surface area contributed by atoms with Gasteiger partial charge in [0.25, 0.3) is 0 Å². The lowest BCUT2D eigenvalue weighted by Gasteiger charge is -2.10. The average molecular weight is 221 g/mol. The minimum atomic E-state index is 1.01. The Bertz CT molecular complexity index is 648. The predicted octanol–water partition coefficient (Wildman–Crippen LogP) is 4.28. The molecule has 0 N–H and O–H groups in total. The summed E-state index contributed by atoms with van der Waals surface area (Å²) < 4.78 is 0. The van der Waals surface area contributed by atoms with Gasteiger partial charge in [0.15, 0.2) is 0 Å². The molecule has 0 aliphatic heterocycles. The first-order valence-electron chi connectivity index (χ1n) is 5.99. The van der Waals surface area contributed by atoms with E-state index in [1.807, 2.05) is 6.20 Å². The number of aromatic nitrogens is 1. The first-order valence-corrected chi connectivity index (χ1v) is 5.99. The van der Waals surface area contributed by atoms with Gasteiger partial charge < -0.3 is 0 Å². The number of hydrogen-bond acceptors (Lipinski definition) is 1. The Morgan fingerprint density at radius 3 is 2.59 bits per heavy atom. The molecule has 0 amide bonds. The fourth-order valence-corrected chi connectivity index (χ4v) is 2.40. The number of allylic oxidation sites excluding steroid dienone is 2. The molecule has 1 heterocycles. The number of nitrogens with zero attached hydrogens (tertiary/aromatic N) is 1. The Kier molecular flexibility index (Phi) is 2.32. The van der Waals surface area contributed by atoms with Crippen LogP contribution in [0.4, 0.5) is 0 Å². The summed E-state index contributed by atoms with van der Waals surface area (Å²) in [6.45, 7) is 4.25. The lowest BCUT2D eigenvalue weighted by Crippen LogP contribution is -1.91. The van der Waals surface area contributed by atoms with Gasteiger partial charge in [-0.1, -0.05) is 24.3 Å². The second-order valence-corrected chi connectivity index (χ2v) is 4.64. The van der Waals surface area contributed by atoms with Crippen LogP contribution in [0.3, 0.4) is 0 Å². The summed E-state index contributed by atoms with van der Waals surface area (Å²) in [5, 5.41) is 1.26. The van der Waals surface area contributed by atoms with Gasteiger partial charge in [0.1, 0.15) is 0 Å². The van der Waals surface area contributed by atoms with Crippen molar-refractivity contribution < 1.29 is 0 Å². The van der Waals surface area contributed by atoms with Gasteiger partial charge in [-0.3, -0.25) is 4.98 Å². The maximum absolute atomic E-state index is 4.52. The van der Waals surface area contributed by atoms with Crippen LogP contribution in [0, 0.1) is 13.8 Å². The lowest BCUT2D eigenvalue weighted by atomic mass is 9.96. The van der Waals surface area contributed by atoms with Crippen molar-refractivity contribution >= 4 is 23.1 Å². The highest BCUT2D eigenvalue weighted by Gasteiger charge is 2.09. The monoisotopic (exact) mass is 221 g/mol. The smallest absolute Gasteiger partial charge is 0.0711 e. The topological polar surface area (TPSA) is 12.9 Å². The number of rotatable bonds is 0. The number of aryl methyl sites for hydroxylation is 2. The van der Waals surface area contributed by atoms with Crippen molar-refractivity contribution in [3.05, 3.63) is 52.7 Å². The van der Waals surface area contributed by atoms with Crippen LogP contribution >= 0.6 is 0 Å². The third kappa shape index (κ3) is 1.68. The van der Waals surface area contributed by atoms with Gasteiger partial charge in [-0.05, 0) is 54.7 Å². The van der Waals surface area contributed by atoms with E-state index in [2.05, 4.69) is 55.3 Å². The van der Waals surface area contributed by atoms with Crippen LogP contribution in [-0.2, 0) is 0 Å². The van der Waals surface area contributed by atoms with Crippen LogP contribution in [0.15, 0.2) is 30.5 Å². The normalized spacial score (nSPS) is 13.8. The van der Waals surface area contributed by atoms with Crippen LogP contribution in [0.1, 0.15) is 28.7 Å². The van der Waals surface area contributed by atoms with E-state index in [1.165, 1.54) is 27.6 Å². The minimum Gasteiger partial charge on any atom is -0.256 e. The summed E-state index contributed by atoms with van der Waals surface area (Å²) in [6.07, 6.45) is 11.8. The molecule has 0 unspecified atom stereocenters. The molecule has 0 bridgehead atoms. The van der Waals surface area contributed by atoms with Crippen LogP contribution in [0.2, 0.25) is 0 Å². The molecular formula is C16H15N. The first-order chi connectivity index (χ1) is 8.25. The van der Waals surface area contributed by atoms with Crippen molar-refractivity contribution in [1.29, 1.82) is 0 Å². The van der Waals surface area contributed by atoms with E-state index >= 15 is 0 Å². The Labute approximate surface area is 102 Å². The summed E-state index contributed by atoms with van der Waals surface area (Å²) in [5.41, 5.74) is 6.24. The van der Waals surface area contributed by atoms with E-state index < -0.39 is 0 Å². The quantitative estimate of drug-likeness (QED) is 0.647. The highest BCUT2D eigenvalue weighted by atomic mass is 14.6. The fraction of sp³-hybridized carbons (Fsp3) is 0.188. The Balaban J connectivity index is 2.46. The van der Waals surface area contributed by atoms with Gasteiger partial charge in [-0.2, -0.15) is 0 Å². The van der Waals surface area contributed by atoms with Crippen LogP contribution in [0.25, 0.3) is 23.1 Å². The molecule has 2 aromatic rings. The van der Waals surface area contributed by atoms with Gasteiger partial charge in [0.2, 0.25) is 0 Å². The van der Waals surface area contributed by atoms with Crippen molar-refractivity contribution in [2.75, 3.05) is 0 Å². The number of hydrogen-bond donors (Lipinski definition) is 0. The van der Waals surface area contributed by atoms with Gasteiger partial charge in [-0.15, -0.1) is 0 Å². The zero-order chi connectivity index (χ0) is 11.8. The van der Waals surface area contributed by atoms with E-state index in [9.17, 15) is 0 Å². The number of pyridine rings is 1. The second kappa shape index (κ2) is 3.85. The average Bonchev–Trinajstić information content (AvgIpc) is 2.56. The summed E-state index contributed by atoms with van der Waals surface area (Å²) in [5.74, 6) is 0. The third-order valence-electron chi connectivity index (χ3n) is 3.25. The molecule has 17 heavy (non-hydrogen) atoms. The molecule has 0 fully saturated rings. The van der Waals surface area contributed by atoms with E-state index in [1.54, 1.807) is 0 Å². The molecule has 1 aromatic carbocycles. The predicted molar refractivity (Wildman–Crippen MR) is 73.9 cm³/mol. The molecule has 0 atom stereocenters. The lowest BCUT2D eigenvalue weighted by molar-refractivity contribution is 1.32. The molecule has 84 valence electrons. The van der Waals surface area contributed by atoms with Gasteiger partial charge in [0, 0.05) is 11.6 Å². The first kappa shape index (κ1) is 10.3. The molecule has 1 heteroatoms. The molecule has 1 aliphatic carbocycles. The Hall–Kier alpha value is -1.89. The molecular weight excluding hydrogens is 206 g/mol. The Morgan fingerprint density at radius 2 is 1.76 bits per heavy atom. The van der Waals surface area contributed by atoms with Crippen LogP contribution in [0.5, 0.6) is 0 Å². The van der Waals surface area contributed by atoms with Gasteiger partial charge >= 0.3 is 0 Å². The fourth-order valence-electron chi connectivity index (χ4n) is 2.40. The van der Waals surface area contributed by atoms with Crippen molar-refractivity contribution in [3.8, 4) is 0 Å². The number of fused-ring (bicyclic) bond motifs is 3. The molecule has 0 spiro atoms. The summed E-state index contributed by atoms with van der Waals surface area (Å²) >= 11 is 0. The molecule has 0 radical (unpaired) electrons. The standard InChI is InChI=1S/C16H15N/c1-11-8-15-14-7-5-3-4-6-13(14)12(2)9-16(15)17-10-11/h4-10H,3H2,1-2H3. The van der Waals surface area contributed by atoms with Crippen molar-refractivity contribution in [1.82, 2.24) is 4.98 Å². The van der Waals surface area contributed by atoms with E-state index in [0.717, 1.165) is 11.9 Å². The summed E-state index contributed by atoms with van der Waals surface area (Å²) in [6, 6.07) is 4.40. The molecule has 1 nitrogen and oxygen atoms in total. The largest absolute Gasteiger partial charge is 0.256 e. The second-order valence-electron chi connectivity index (χ2n) is 4.64. The maximum Gasteiger partial charge on any atom is 0.0711 e. The van der Waals surface area contributed by atoms with Crippen molar-refractivity contribution in [2.24, 2.45) is 0 Å². The zero-order valence-corrected chi connectivity index (χ0v) is 10.2. The molecule has 1 aliphatic rings. The summed E-state index contributed by atoms with van der Waals surface area (Å²) in [7, 11) is 0. The highest BCUT2D eigenvalue weighted by Crippen LogP contribution is 2.29. The minimum absolute atomic E-state index is 1.01. The SMILES string of the molecule is Cc1cnc2cc(C)c3c(c2c1)C=CCC=C3. The van der Waals surface area contributed by atoms with E-state index in [-0.39, 0.29) is 0 Å². The molecule has 0 saturated carbocycles. The van der Waals surface area contributed by atoms with E-state index in [0.29, 0.717) is 0 Å².